The molecule has 0 bridgehead atoms. The van der Waals surface area contributed by atoms with Crippen LogP contribution in [-0.4, -0.2) is 5.24 Å². The summed E-state index contributed by atoms with van der Waals surface area (Å²) < 4.78 is 5.58. The van der Waals surface area contributed by atoms with Gasteiger partial charge in [-0.3, -0.25) is 4.79 Å². The lowest BCUT2D eigenvalue weighted by atomic mass is 10.2. The van der Waals surface area contributed by atoms with Crippen LogP contribution < -0.4 is 4.74 Å². The minimum Gasteiger partial charge on any atom is -0.488 e. The number of carbonyl (C=O) groups is 1. The molecule has 0 radical (unpaired) electrons. The molecule has 2 aromatic carbocycles. The summed E-state index contributed by atoms with van der Waals surface area (Å²) in [5.74, 6) is 0.479. The van der Waals surface area contributed by atoms with Crippen LogP contribution in [0.3, 0.4) is 0 Å². The Balaban J connectivity index is 2.10. The summed E-state index contributed by atoms with van der Waals surface area (Å²) in [4.78, 5) is 11.2. The van der Waals surface area contributed by atoms with E-state index in [2.05, 4.69) is 0 Å². The average Bonchev–Trinajstić information content (AvgIpc) is 2.38. The largest absolute Gasteiger partial charge is 0.488 e. The highest BCUT2D eigenvalue weighted by Gasteiger charge is 2.09. The maximum Gasteiger partial charge on any atom is 0.256 e. The fourth-order valence-corrected chi connectivity index (χ4v) is 1.78. The summed E-state index contributed by atoms with van der Waals surface area (Å²) in [5, 5.41) is 0.150. The third kappa shape index (κ3) is 3.25. The van der Waals surface area contributed by atoms with Gasteiger partial charge in [-0.1, -0.05) is 35.9 Å². The van der Waals surface area contributed by atoms with E-state index in [0.29, 0.717) is 22.9 Å². The molecule has 0 aliphatic heterocycles. The normalized spacial score (nSPS) is 10.1. The van der Waals surface area contributed by atoms with Gasteiger partial charge < -0.3 is 4.74 Å². The first kappa shape index (κ1) is 12.9. The van der Waals surface area contributed by atoms with Gasteiger partial charge in [-0.05, 0) is 41.4 Å². The smallest absolute Gasteiger partial charge is 0.256 e. The molecule has 4 heteroatoms. The molecule has 0 amide bonds. The van der Waals surface area contributed by atoms with Crippen molar-refractivity contribution in [3.8, 4) is 5.75 Å². The minimum absolute atomic E-state index is 0.359. The Morgan fingerprint density at radius 3 is 2.39 bits per heavy atom. The van der Waals surface area contributed by atoms with E-state index in [-0.39, 0.29) is 0 Å². The third-order valence-electron chi connectivity index (χ3n) is 2.41. The Hall–Kier alpha value is -1.51. The van der Waals surface area contributed by atoms with Gasteiger partial charge in [0.2, 0.25) is 0 Å². The maximum atomic E-state index is 11.2. The van der Waals surface area contributed by atoms with Gasteiger partial charge in [0.15, 0.2) is 0 Å². The number of halogens is 2. The first-order valence-corrected chi connectivity index (χ1v) is 6.08. The van der Waals surface area contributed by atoms with Crippen molar-refractivity contribution in [2.75, 3.05) is 0 Å². The van der Waals surface area contributed by atoms with Crippen LogP contribution in [0.2, 0.25) is 5.02 Å². The standard InChI is InChI=1S/C14H10Cl2O2/c15-11-7-5-10(6-8-11)9-18-13-4-2-1-3-12(13)14(16)17/h1-8H,9H2. The van der Waals surface area contributed by atoms with Crippen molar-refractivity contribution >= 4 is 28.4 Å². The van der Waals surface area contributed by atoms with Crippen molar-refractivity contribution in [1.82, 2.24) is 0 Å². The summed E-state index contributed by atoms with van der Waals surface area (Å²) >= 11 is 11.3. The number of ether oxygens (including phenoxy) is 1. The molecule has 0 saturated heterocycles. The van der Waals surface area contributed by atoms with E-state index >= 15 is 0 Å². The van der Waals surface area contributed by atoms with E-state index in [4.69, 9.17) is 27.9 Å². The molecule has 0 heterocycles. The van der Waals surface area contributed by atoms with E-state index in [0.717, 1.165) is 5.56 Å². The molecular weight excluding hydrogens is 271 g/mol. The zero-order valence-corrected chi connectivity index (χ0v) is 10.9. The highest BCUT2D eigenvalue weighted by molar-refractivity contribution is 6.68. The van der Waals surface area contributed by atoms with E-state index in [1.807, 2.05) is 12.1 Å². The lowest BCUT2D eigenvalue weighted by Crippen LogP contribution is -2.00. The van der Waals surface area contributed by atoms with Crippen molar-refractivity contribution < 1.29 is 9.53 Å². The number of hydrogen-bond acceptors (Lipinski definition) is 2. The van der Waals surface area contributed by atoms with Gasteiger partial charge in [0, 0.05) is 5.02 Å². The fraction of sp³-hybridized carbons (Fsp3) is 0.0714. The number of hydrogen-bond donors (Lipinski definition) is 0. The molecule has 0 unspecified atom stereocenters. The molecule has 0 aliphatic rings. The van der Waals surface area contributed by atoms with Crippen molar-refractivity contribution in [1.29, 1.82) is 0 Å². The molecule has 92 valence electrons. The van der Waals surface area contributed by atoms with Crippen LogP contribution >= 0.6 is 23.2 Å². The third-order valence-corrected chi connectivity index (χ3v) is 2.86. The Kier molecular flexibility index (Phi) is 4.24. The van der Waals surface area contributed by atoms with Gasteiger partial charge in [0.25, 0.3) is 5.24 Å². The summed E-state index contributed by atoms with van der Waals surface area (Å²) in [7, 11) is 0. The van der Waals surface area contributed by atoms with E-state index in [9.17, 15) is 4.79 Å². The molecule has 0 N–H and O–H groups in total. The molecule has 0 spiro atoms. The molecule has 18 heavy (non-hydrogen) atoms. The van der Waals surface area contributed by atoms with Gasteiger partial charge in [0.05, 0.1) is 5.56 Å². The van der Waals surface area contributed by atoms with Crippen LogP contribution in [0.1, 0.15) is 15.9 Å². The molecule has 0 aliphatic carbocycles. The van der Waals surface area contributed by atoms with Gasteiger partial charge in [0.1, 0.15) is 12.4 Å². The van der Waals surface area contributed by atoms with Crippen molar-refractivity contribution in [3.63, 3.8) is 0 Å². The van der Waals surface area contributed by atoms with Crippen LogP contribution in [0, 0.1) is 0 Å². The predicted octanol–water partition coefficient (Wildman–Crippen LogP) is 4.30. The maximum absolute atomic E-state index is 11.2. The monoisotopic (exact) mass is 280 g/mol. The number of rotatable bonds is 4. The fourth-order valence-electron chi connectivity index (χ4n) is 1.50. The quantitative estimate of drug-likeness (QED) is 0.781. The molecule has 2 aromatic rings. The van der Waals surface area contributed by atoms with Gasteiger partial charge in [-0.15, -0.1) is 0 Å². The molecular formula is C14H10Cl2O2. The second-order valence-electron chi connectivity index (χ2n) is 3.69. The minimum atomic E-state index is -0.526. The molecule has 0 saturated carbocycles. The number of benzene rings is 2. The highest BCUT2D eigenvalue weighted by Crippen LogP contribution is 2.21. The topological polar surface area (TPSA) is 26.3 Å². The number of carbonyl (C=O) groups excluding carboxylic acids is 1. The Morgan fingerprint density at radius 1 is 1.06 bits per heavy atom. The lowest BCUT2D eigenvalue weighted by molar-refractivity contribution is 0.107. The van der Waals surface area contributed by atoms with Gasteiger partial charge in [-0.25, -0.2) is 0 Å². The van der Waals surface area contributed by atoms with Crippen molar-refractivity contribution in [2.45, 2.75) is 6.61 Å². The Bertz CT molecular complexity index is 550. The average molecular weight is 281 g/mol. The van der Waals surface area contributed by atoms with Crippen molar-refractivity contribution in [3.05, 3.63) is 64.7 Å². The Morgan fingerprint density at radius 2 is 1.72 bits per heavy atom. The van der Waals surface area contributed by atoms with Gasteiger partial charge >= 0.3 is 0 Å². The Labute approximate surface area is 115 Å². The van der Waals surface area contributed by atoms with E-state index < -0.39 is 5.24 Å². The van der Waals surface area contributed by atoms with Crippen LogP contribution in [0.25, 0.3) is 0 Å². The van der Waals surface area contributed by atoms with Gasteiger partial charge in [-0.2, -0.15) is 0 Å². The van der Waals surface area contributed by atoms with Crippen LogP contribution in [0.5, 0.6) is 5.75 Å². The zero-order valence-electron chi connectivity index (χ0n) is 9.40. The lowest BCUT2D eigenvalue weighted by Gasteiger charge is -2.09. The highest BCUT2D eigenvalue weighted by atomic mass is 35.5. The molecule has 0 fully saturated rings. The summed E-state index contributed by atoms with van der Waals surface area (Å²) in [5.41, 5.74) is 1.34. The SMILES string of the molecule is O=C(Cl)c1ccccc1OCc1ccc(Cl)cc1. The molecule has 0 aromatic heterocycles. The predicted molar refractivity (Wildman–Crippen MR) is 72.4 cm³/mol. The van der Waals surface area contributed by atoms with Crippen molar-refractivity contribution in [2.24, 2.45) is 0 Å². The molecule has 2 rings (SSSR count). The molecule has 0 atom stereocenters. The van der Waals surface area contributed by atoms with Crippen LogP contribution in [-0.2, 0) is 6.61 Å². The van der Waals surface area contributed by atoms with Crippen LogP contribution in [0.4, 0.5) is 0 Å². The number of para-hydroxylation sites is 1. The van der Waals surface area contributed by atoms with Crippen LogP contribution in [0.15, 0.2) is 48.5 Å². The summed E-state index contributed by atoms with van der Waals surface area (Å²) in [6, 6.07) is 14.2. The molecule has 2 nitrogen and oxygen atoms in total. The summed E-state index contributed by atoms with van der Waals surface area (Å²) in [6.45, 7) is 0.359. The summed E-state index contributed by atoms with van der Waals surface area (Å²) in [6.07, 6.45) is 0. The first-order chi connectivity index (χ1) is 8.66. The second kappa shape index (κ2) is 5.89. The van der Waals surface area contributed by atoms with E-state index in [1.165, 1.54) is 0 Å². The zero-order chi connectivity index (χ0) is 13.0. The first-order valence-electron chi connectivity index (χ1n) is 5.33. The second-order valence-corrected chi connectivity index (χ2v) is 4.46. The van der Waals surface area contributed by atoms with E-state index in [1.54, 1.807) is 36.4 Å².